The summed E-state index contributed by atoms with van der Waals surface area (Å²) in [5, 5.41) is 12.2. The number of carboxylic acid groups (broad SMARTS) is 1. The van der Waals surface area contributed by atoms with Crippen LogP contribution in [0.4, 0.5) is 5.69 Å². The molecule has 0 bridgehead atoms. The van der Waals surface area contributed by atoms with Crippen molar-refractivity contribution in [1.29, 1.82) is 0 Å². The predicted molar refractivity (Wildman–Crippen MR) is 82.9 cm³/mol. The third kappa shape index (κ3) is 3.99. The van der Waals surface area contributed by atoms with E-state index in [9.17, 15) is 9.59 Å². The Balaban J connectivity index is 2.03. The van der Waals surface area contributed by atoms with E-state index < -0.39 is 11.9 Å². The van der Waals surface area contributed by atoms with Crippen molar-refractivity contribution in [1.82, 2.24) is 4.81 Å². The zero-order chi connectivity index (χ0) is 16.1. The number of nitrogens with zero attached hydrogens (tertiary/aromatic N) is 1. The molecule has 0 spiro atoms. The van der Waals surface area contributed by atoms with E-state index in [4.69, 9.17) is 15.5 Å². The van der Waals surface area contributed by atoms with E-state index in [1.54, 1.807) is 14.7 Å². The molecular formula is C14H19BN3O4. The smallest absolute Gasteiger partial charge is 0.398 e. The first-order chi connectivity index (χ1) is 10.5. The van der Waals surface area contributed by atoms with Crippen LogP contribution in [0.5, 0.6) is 0 Å². The highest BCUT2D eigenvalue weighted by atomic mass is 16.4. The number of carbonyl (C=O) groups is 2. The van der Waals surface area contributed by atoms with E-state index in [2.05, 4.69) is 10.1 Å². The van der Waals surface area contributed by atoms with Crippen LogP contribution in [0.25, 0.3) is 0 Å². The predicted octanol–water partition coefficient (Wildman–Crippen LogP) is 0.398. The lowest BCUT2D eigenvalue weighted by molar-refractivity contribution is 0.0696. The van der Waals surface area contributed by atoms with Crippen molar-refractivity contribution in [3.8, 4) is 0 Å². The molecule has 1 aliphatic heterocycles. The lowest BCUT2D eigenvalue weighted by Crippen LogP contribution is -2.28. The molecule has 8 heteroatoms. The number of hydrogen-bond acceptors (Lipinski definition) is 5. The monoisotopic (exact) mass is 304 g/mol. The SMILES string of the molecule is CO[B]N1CCC(CNc2cc(C(=O)O)ccc2C(N)=O)C1. The molecule has 22 heavy (non-hydrogen) atoms. The van der Waals surface area contributed by atoms with Crippen molar-refractivity contribution in [3.63, 3.8) is 0 Å². The van der Waals surface area contributed by atoms with Gasteiger partial charge >= 0.3 is 13.6 Å². The van der Waals surface area contributed by atoms with Crippen molar-refractivity contribution in [2.45, 2.75) is 6.42 Å². The summed E-state index contributed by atoms with van der Waals surface area (Å²) in [4.78, 5) is 24.6. The second-order valence-electron chi connectivity index (χ2n) is 5.30. The van der Waals surface area contributed by atoms with Crippen LogP contribution in [0.1, 0.15) is 27.1 Å². The standard InChI is InChI=1S/C14H19BN3O4/c1-22-15-18-5-4-9(8-18)7-17-12-6-10(14(20)21)2-3-11(12)13(16)19/h2-3,6,9,17H,4-5,7-8H2,1H3,(H2,16,19)(H,20,21). The van der Waals surface area contributed by atoms with Gasteiger partial charge in [0.15, 0.2) is 0 Å². The number of carbonyl (C=O) groups excluding carboxylic acids is 1. The van der Waals surface area contributed by atoms with Gasteiger partial charge in [0.1, 0.15) is 0 Å². The Hall–Kier alpha value is -2.06. The highest BCUT2D eigenvalue weighted by Crippen LogP contribution is 2.21. The van der Waals surface area contributed by atoms with Crippen molar-refractivity contribution in [2.24, 2.45) is 11.7 Å². The number of nitrogens with two attached hydrogens (primary N) is 1. The number of amides is 1. The Morgan fingerprint density at radius 3 is 2.95 bits per heavy atom. The van der Waals surface area contributed by atoms with Gasteiger partial charge in [0.2, 0.25) is 0 Å². The Labute approximate surface area is 129 Å². The van der Waals surface area contributed by atoms with Gasteiger partial charge in [-0.2, -0.15) is 0 Å². The molecule has 1 aromatic carbocycles. The molecule has 4 N–H and O–H groups in total. The summed E-state index contributed by atoms with van der Waals surface area (Å²) in [6.45, 7) is 2.40. The van der Waals surface area contributed by atoms with Crippen LogP contribution in [-0.4, -0.2) is 56.2 Å². The first-order valence-corrected chi connectivity index (χ1v) is 7.02. The van der Waals surface area contributed by atoms with E-state index in [0.717, 1.165) is 19.5 Å². The van der Waals surface area contributed by atoms with Gasteiger partial charge in [-0.3, -0.25) is 4.79 Å². The first-order valence-electron chi connectivity index (χ1n) is 7.02. The normalized spacial score (nSPS) is 18.1. The largest absolute Gasteiger partial charge is 0.478 e. The molecule has 0 aromatic heterocycles. The second kappa shape index (κ2) is 7.28. The fraction of sp³-hybridized carbons (Fsp3) is 0.429. The molecule has 1 atom stereocenters. The number of nitrogens with one attached hydrogen (secondary N) is 1. The number of benzene rings is 1. The molecule has 117 valence electrons. The van der Waals surface area contributed by atoms with Crippen molar-refractivity contribution in [2.75, 3.05) is 32.1 Å². The fourth-order valence-corrected chi connectivity index (χ4v) is 2.57. The fourth-order valence-electron chi connectivity index (χ4n) is 2.57. The highest BCUT2D eigenvalue weighted by Gasteiger charge is 2.23. The van der Waals surface area contributed by atoms with Crippen LogP contribution in [-0.2, 0) is 4.65 Å². The molecule has 1 radical (unpaired) electrons. The van der Waals surface area contributed by atoms with Crippen molar-refractivity contribution < 1.29 is 19.3 Å². The van der Waals surface area contributed by atoms with E-state index in [1.165, 1.54) is 18.2 Å². The average molecular weight is 304 g/mol. The van der Waals surface area contributed by atoms with Crippen molar-refractivity contribution >= 4 is 25.2 Å². The van der Waals surface area contributed by atoms with Crippen LogP contribution < -0.4 is 11.1 Å². The van der Waals surface area contributed by atoms with E-state index in [-0.39, 0.29) is 5.56 Å². The summed E-state index contributed by atoms with van der Waals surface area (Å²) < 4.78 is 4.98. The molecule has 1 aromatic rings. The average Bonchev–Trinajstić information content (AvgIpc) is 2.92. The van der Waals surface area contributed by atoms with Gasteiger partial charge in [0.25, 0.3) is 5.91 Å². The Morgan fingerprint density at radius 2 is 2.32 bits per heavy atom. The lowest BCUT2D eigenvalue weighted by atomic mass is 10.1. The summed E-state index contributed by atoms with van der Waals surface area (Å²) >= 11 is 0. The molecule has 0 saturated carbocycles. The Morgan fingerprint density at radius 1 is 1.55 bits per heavy atom. The quantitative estimate of drug-likeness (QED) is 0.630. The molecule has 1 heterocycles. The third-order valence-corrected chi connectivity index (χ3v) is 3.68. The number of rotatable bonds is 7. The maximum Gasteiger partial charge on any atom is 0.398 e. The number of aromatic carboxylic acids is 1. The van der Waals surface area contributed by atoms with E-state index in [0.29, 0.717) is 23.7 Å². The first kappa shape index (κ1) is 16.3. The van der Waals surface area contributed by atoms with Crippen molar-refractivity contribution in [3.05, 3.63) is 29.3 Å². The van der Waals surface area contributed by atoms with Gasteiger partial charge in [-0.15, -0.1) is 0 Å². The minimum atomic E-state index is -1.04. The molecule has 2 rings (SSSR count). The molecular weight excluding hydrogens is 285 g/mol. The Bertz CT molecular complexity index is 567. The van der Waals surface area contributed by atoms with Gasteiger partial charge in [-0.05, 0) is 43.6 Å². The van der Waals surface area contributed by atoms with Gasteiger partial charge in [-0.25, -0.2) is 4.79 Å². The summed E-state index contributed by atoms with van der Waals surface area (Å²) in [5.74, 6) is -1.23. The molecule has 1 aliphatic rings. The lowest BCUT2D eigenvalue weighted by Gasteiger charge is -2.16. The van der Waals surface area contributed by atoms with Crippen LogP contribution in [0.3, 0.4) is 0 Å². The summed E-state index contributed by atoms with van der Waals surface area (Å²) in [6.07, 6.45) is 0.997. The minimum Gasteiger partial charge on any atom is -0.478 e. The van der Waals surface area contributed by atoms with E-state index in [1.807, 2.05) is 0 Å². The van der Waals surface area contributed by atoms with Crippen LogP contribution in [0.2, 0.25) is 0 Å². The summed E-state index contributed by atoms with van der Waals surface area (Å²) in [6, 6.07) is 4.25. The molecule has 1 saturated heterocycles. The number of carboxylic acids is 1. The summed E-state index contributed by atoms with van der Waals surface area (Å²) in [5.41, 5.74) is 6.20. The molecule has 7 nitrogen and oxygen atoms in total. The van der Waals surface area contributed by atoms with Gasteiger partial charge < -0.3 is 25.6 Å². The van der Waals surface area contributed by atoms with Crippen LogP contribution >= 0.6 is 0 Å². The molecule has 0 aliphatic carbocycles. The summed E-state index contributed by atoms with van der Waals surface area (Å²) in [7, 11) is 3.31. The topological polar surface area (TPSA) is 105 Å². The second-order valence-corrected chi connectivity index (χ2v) is 5.30. The number of hydrogen-bond donors (Lipinski definition) is 3. The van der Waals surface area contributed by atoms with Crippen LogP contribution in [0.15, 0.2) is 18.2 Å². The van der Waals surface area contributed by atoms with Gasteiger partial charge in [0, 0.05) is 19.3 Å². The zero-order valence-electron chi connectivity index (χ0n) is 12.4. The van der Waals surface area contributed by atoms with Gasteiger partial charge in [-0.1, -0.05) is 0 Å². The highest BCUT2D eigenvalue weighted by molar-refractivity contribution is 6.23. The minimum absolute atomic E-state index is 0.119. The Kier molecular flexibility index (Phi) is 5.40. The number of primary amides is 1. The van der Waals surface area contributed by atoms with Gasteiger partial charge in [0.05, 0.1) is 11.1 Å². The van der Waals surface area contributed by atoms with E-state index >= 15 is 0 Å². The third-order valence-electron chi connectivity index (χ3n) is 3.68. The number of anilines is 1. The van der Waals surface area contributed by atoms with Crippen LogP contribution in [0, 0.1) is 5.92 Å². The molecule has 1 fully saturated rings. The maximum atomic E-state index is 11.4. The maximum absolute atomic E-state index is 11.4. The molecule has 1 amide bonds. The molecule has 1 unspecified atom stereocenters. The zero-order valence-corrected chi connectivity index (χ0v) is 12.4.